The molecular weight excluding hydrogens is 164 g/mol. The first kappa shape index (κ1) is 9.44. The Kier molecular flexibility index (Phi) is 2.34. The zero-order valence-corrected chi connectivity index (χ0v) is 8.37. The summed E-state index contributed by atoms with van der Waals surface area (Å²) in [5.74, 6) is 0. The number of piperidine rings is 1. The van der Waals surface area contributed by atoms with Crippen LogP contribution in [0.15, 0.2) is 0 Å². The molecular formula is C10H19N2O-. The Balaban J connectivity index is 1.79. The minimum Gasteiger partial charge on any atom is -0.457 e. The first-order chi connectivity index (χ1) is 6.07. The van der Waals surface area contributed by atoms with E-state index in [1.807, 2.05) is 6.92 Å². The van der Waals surface area contributed by atoms with Crippen molar-refractivity contribution in [1.29, 1.82) is 0 Å². The highest BCUT2D eigenvalue weighted by Gasteiger charge is 2.33. The summed E-state index contributed by atoms with van der Waals surface area (Å²) in [5, 5.41) is 9.77. The van der Waals surface area contributed by atoms with Crippen LogP contribution in [-0.4, -0.2) is 52.7 Å². The summed E-state index contributed by atoms with van der Waals surface area (Å²) in [6.07, 6.45) is 1.83. The average molecular weight is 183 g/mol. The SMILES string of the molecule is [CH2-]N1CC(N2CCC(C)(O)CC2)C1. The summed E-state index contributed by atoms with van der Waals surface area (Å²) in [7, 11) is 3.87. The average Bonchev–Trinajstić information content (AvgIpc) is 2.00. The molecule has 0 aromatic carbocycles. The molecule has 2 saturated heterocycles. The van der Waals surface area contributed by atoms with Gasteiger partial charge in [-0.25, -0.2) is 0 Å². The van der Waals surface area contributed by atoms with Crippen molar-refractivity contribution >= 4 is 0 Å². The molecule has 1 N–H and O–H groups in total. The molecule has 0 radical (unpaired) electrons. The molecule has 2 heterocycles. The van der Waals surface area contributed by atoms with E-state index in [0.717, 1.165) is 39.0 Å². The van der Waals surface area contributed by atoms with Gasteiger partial charge in [-0.3, -0.25) is 11.9 Å². The molecule has 0 atom stereocenters. The van der Waals surface area contributed by atoms with Crippen molar-refractivity contribution in [3.63, 3.8) is 0 Å². The molecule has 2 rings (SSSR count). The van der Waals surface area contributed by atoms with E-state index in [0.29, 0.717) is 6.04 Å². The fraction of sp³-hybridized carbons (Fsp3) is 0.900. The topological polar surface area (TPSA) is 26.7 Å². The van der Waals surface area contributed by atoms with Crippen molar-refractivity contribution in [1.82, 2.24) is 9.80 Å². The zero-order valence-electron chi connectivity index (χ0n) is 8.37. The highest BCUT2D eigenvalue weighted by atomic mass is 16.3. The smallest absolute Gasteiger partial charge is 0.0644 e. The molecule has 0 aromatic heterocycles. The number of hydrogen-bond donors (Lipinski definition) is 1. The van der Waals surface area contributed by atoms with Crippen LogP contribution >= 0.6 is 0 Å². The van der Waals surface area contributed by atoms with E-state index in [9.17, 15) is 5.11 Å². The van der Waals surface area contributed by atoms with Crippen LogP contribution in [0.1, 0.15) is 19.8 Å². The number of rotatable bonds is 1. The molecule has 0 aromatic rings. The Morgan fingerprint density at radius 1 is 1.31 bits per heavy atom. The predicted octanol–water partition coefficient (Wildman–Crippen LogP) is 0.309. The van der Waals surface area contributed by atoms with Crippen molar-refractivity contribution in [2.24, 2.45) is 0 Å². The van der Waals surface area contributed by atoms with Crippen LogP contribution < -0.4 is 0 Å². The molecule has 0 amide bonds. The normalized spacial score (nSPS) is 31.6. The molecule has 2 aliphatic rings. The monoisotopic (exact) mass is 183 g/mol. The van der Waals surface area contributed by atoms with Crippen molar-refractivity contribution in [2.45, 2.75) is 31.4 Å². The van der Waals surface area contributed by atoms with Gasteiger partial charge >= 0.3 is 0 Å². The van der Waals surface area contributed by atoms with Gasteiger partial charge in [0.05, 0.1) is 5.60 Å². The Labute approximate surface area is 80.3 Å². The van der Waals surface area contributed by atoms with E-state index in [2.05, 4.69) is 16.8 Å². The molecule has 0 unspecified atom stereocenters. The van der Waals surface area contributed by atoms with Gasteiger partial charge in [0, 0.05) is 19.1 Å². The molecule has 0 bridgehead atoms. The van der Waals surface area contributed by atoms with E-state index in [1.54, 1.807) is 0 Å². The van der Waals surface area contributed by atoms with Crippen LogP contribution in [0.25, 0.3) is 0 Å². The van der Waals surface area contributed by atoms with Gasteiger partial charge in [0.2, 0.25) is 0 Å². The first-order valence-corrected chi connectivity index (χ1v) is 5.09. The van der Waals surface area contributed by atoms with E-state index < -0.39 is 5.60 Å². The van der Waals surface area contributed by atoms with Gasteiger partial charge in [-0.05, 0) is 32.9 Å². The Hall–Kier alpha value is -0.120. The van der Waals surface area contributed by atoms with Gasteiger partial charge in [0.15, 0.2) is 0 Å². The Morgan fingerprint density at radius 2 is 1.85 bits per heavy atom. The van der Waals surface area contributed by atoms with Gasteiger partial charge in [-0.1, -0.05) is 0 Å². The first-order valence-electron chi connectivity index (χ1n) is 5.09. The molecule has 0 spiro atoms. The van der Waals surface area contributed by atoms with Crippen LogP contribution in [0.4, 0.5) is 0 Å². The molecule has 3 heteroatoms. The van der Waals surface area contributed by atoms with Crippen molar-refractivity contribution in [2.75, 3.05) is 26.2 Å². The zero-order chi connectivity index (χ0) is 9.47. The third-order valence-electron chi connectivity index (χ3n) is 3.33. The van der Waals surface area contributed by atoms with Gasteiger partial charge < -0.3 is 10.0 Å². The third-order valence-corrected chi connectivity index (χ3v) is 3.33. The summed E-state index contributed by atoms with van der Waals surface area (Å²) in [6, 6.07) is 0.702. The highest BCUT2D eigenvalue weighted by Crippen LogP contribution is 2.25. The van der Waals surface area contributed by atoms with Crippen LogP contribution in [0.2, 0.25) is 0 Å². The largest absolute Gasteiger partial charge is 0.457 e. The summed E-state index contributed by atoms with van der Waals surface area (Å²) < 4.78 is 0. The van der Waals surface area contributed by atoms with Crippen molar-refractivity contribution in [3.8, 4) is 0 Å². The molecule has 0 aliphatic carbocycles. The summed E-state index contributed by atoms with van der Waals surface area (Å²) in [6.45, 7) is 6.24. The number of likely N-dealkylation sites (tertiary alicyclic amines) is 2. The Bertz CT molecular complexity index is 177. The van der Waals surface area contributed by atoms with Crippen LogP contribution in [-0.2, 0) is 0 Å². The summed E-state index contributed by atoms with van der Waals surface area (Å²) in [4.78, 5) is 4.58. The minimum absolute atomic E-state index is 0.412. The number of hydrogen-bond acceptors (Lipinski definition) is 3. The standard InChI is InChI=1S/C10H19N2O/c1-10(13)3-5-12(6-4-10)9-7-11(2)8-9/h9,13H,2-8H2,1H3/q-1. The summed E-state index contributed by atoms with van der Waals surface area (Å²) in [5.41, 5.74) is -0.412. The molecule has 2 fully saturated rings. The second kappa shape index (κ2) is 3.23. The van der Waals surface area contributed by atoms with Gasteiger partial charge in [-0.15, -0.1) is 0 Å². The fourth-order valence-corrected chi connectivity index (χ4v) is 2.14. The second-order valence-corrected chi connectivity index (χ2v) is 4.72. The lowest BCUT2D eigenvalue weighted by atomic mass is 9.92. The number of aliphatic hydroxyl groups is 1. The van der Waals surface area contributed by atoms with E-state index in [-0.39, 0.29) is 0 Å². The van der Waals surface area contributed by atoms with E-state index in [4.69, 9.17) is 0 Å². The van der Waals surface area contributed by atoms with E-state index in [1.165, 1.54) is 0 Å². The van der Waals surface area contributed by atoms with Gasteiger partial charge in [0.1, 0.15) is 0 Å². The van der Waals surface area contributed by atoms with Crippen LogP contribution in [0, 0.1) is 7.05 Å². The van der Waals surface area contributed by atoms with Crippen LogP contribution in [0.3, 0.4) is 0 Å². The maximum atomic E-state index is 9.77. The van der Waals surface area contributed by atoms with Gasteiger partial charge in [0.25, 0.3) is 0 Å². The highest BCUT2D eigenvalue weighted by molar-refractivity contribution is 4.92. The van der Waals surface area contributed by atoms with Gasteiger partial charge in [-0.2, -0.15) is 0 Å². The minimum atomic E-state index is -0.412. The predicted molar refractivity (Wildman–Crippen MR) is 52.1 cm³/mol. The molecule has 0 saturated carbocycles. The van der Waals surface area contributed by atoms with E-state index >= 15 is 0 Å². The second-order valence-electron chi connectivity index (χ2n) is 4.72. The fourth-order valence-electron chi connectivity index (χ4n) is 2.14. The van der Waals surface area contributed by atoms with Crippen LogP contribution in [0.5, 0.6) is 0 Å². The van der Waals surface area contributed by atoms with Crippen molar-refractivity contribution < 1.29 is 5.11 Å². The maximum Gasteiger partial charge on any atom is 0.0644 e. The lowest BCUT2D eigenvalue weighted by Gasteiger charge is -2.51. The van der Waals surface area contributed by atoms with Crippen molar-refractivity contribution in [3.05, 3.63) is 7.05 Å². The number of nitrogens with zero attached hydrogens (tertiary/aromatic N) is 2. The quantitative estimate of drug-likeness (QED) is 0.593. The lowest BCUT2D eigenvalue weighted by molar-refractivity contribution is -0.0375. The Morgan fingerprint density at radius 3 is 2.31 bits per heavy atom. The maximum absolute atomic E-state index is 9.77. The molecule has 76 valence electrons. The molecule has 13 heavy (non-hydrogen) atoms. The molecule has 3 nitrogen and oxygen atoms in total. The molecule has 2 aliphatic heterocycles. The third kappa shape index (κ3) is 2.03. The summed E-state index contributed by atoms with van der Waals surface area (Å²) >= 11 is 0. The lowest BCUT2D eigenvalue weighted by Crippen LogP contribution is -2.59.